The van der Waals surface area contributed by atoms with Crippen LogP contribution in [0.1, 0.15) is 18.6 Å². The molecule has 3 aromatic rings. The minimum atomic E-state index is -0.408. The average Bonchev–Trinajstić information content (AvgIpc) is 3.09. The fourth-order valence-corrected chi connectivity index (χ4v) is 5.16. The van der Waals surface area contributed by atoms with Crippen molar-refractivity contribution in [3.63, 3.8) is 0 Å². The predicted octanol–water partition coefficient (Wildman–Crippen LogP) is 3.72. The number of likely N-dealkylation sites (tertiary alicyclic amines) is 1. The summed E-state index contributed by atoms with van der Waals surface area (Å²) in [6.45, 7) is 3.04. The standard InChI is InChI=1S/C20H20N2O4S2/c1-13-10-15(11-19(24)25-13)26-14-6-8-22(9-7-14)18(23)12-27-20-21-16-4-2-3-5-17(16)28-20/h2-5,10-11,14H,6-9,12H2,1H3. The Morgan fingerprint density at radius 3 is 2.86 bits per heavy atom. The van der Waals surface area contributed by atoms with Gasteiger partial charge >= 0.3 is 5.63 Å². The van der Waals surface area contributed by atoms with Crippen LogP contribution in [-0.4, -0.2) is 40.7 Å². The van der Waals surface area contributed by atoms with Gasteiger partial charge in [0.25, 0.3) is 0 Å². The first kappa shape index (κ1) is 19.0. The van der Waals surface area contributed by atoms with Crippen molar-refractivity contribution in [3.8, 4) is 5.75 Å². The van der Waals surface area contributed by atoms with Crippen LogP contribution in [0, 0.1) is 6.92 Å². The van der Waals surface area contributed by atoms with Gasteiger partial charge in [-0.3, -0.25) is 4.79 Å². The summed E-state index contributed by atoms with van der Waals surface area (Å²) in [6, 6.07) is 11.1. The molecular formula is C20H20N2O4S2. The van der Waals surface area contributed by atoms with Crippen LogP contribution in [0.3, 0.4) is 0 Å². The first-order valence-corrected chi connectivity index (χ1v) is 10.9. The number of carbonyl (C=O) groups excluding carboxylic acids is 1. The number of aromatic nitrogens is 1. The highest BCUT2D eigenvalue weighted by atomic mass is 32.2. The van der Waals surface area contributed by atoms with E-state index in [9.17, 15) is 9.59 Å². The number of thiazole rings is 1. The normalized spacial score (nSPS) is 15.1. The second-order valence-electron chi connectivity index (χ2n) is 6.66. The molecule has 3 heterocycles. The van der Waals surface area contributed by atoms with Crippen molar-refractivity contribution in [2.75, 3.05) is 18.8 Å². The van der Waals surface area contributed by atoms with E-state index >= 15 is 0 Å². The number of amides is 1. The van der Waals surface area contributed by atoms with Crippen LogP contribution >= 0.6 is 23.1 Å². The summed E-state index contributed by atoms with van der Waals surface area (Å²) in [4.78, 5) is 30.4. The highest BCUT2D eigenvalue weighted by molar-refractivity contribution is 8.01. The molecule has 8 heteroatoms. The van der Waals surface area contributed by atoms with Crippen LogP contribution in [0.25, 0.3) is 10.2 Å². The molecule has 146 valence electrons. The van der Waals surface area contributed by atoms with E-state index in [4.69, 9.17) is 9.15 Å². The molecule has 2 aromatic heterocycles. The average molecular weight is 417 g/mol. The molecule has 1 aliphatic heterocycles. The molecule has 0 unspecified atom stereocenters. The van der Waals surface area contributed by atoms with E-state index in [1.165, 1.54) is 17.8 Å². The van der Waals surface area contributed by atoms with Gasteiger partial charge in [-0.05, 0) is 19.1 Å². The van der Waals surface area contributed by atoms with E-state index in [0.717, 1.165) is 27.4 Å². The van der Waals surface area contributed by atoms with E-state index in [1.54, 1.807) is 24.3 Å². The molecule has 1 amide bonds. The van der Waals surface area contributed by atoms with Gasteiger partial charge in [0.15, 0.2) is 4.34 Å². The van der Waals surface area contributed by atoms with Crippen molar-refractivity contribution in [1.29, 1.82) is 0 Å². The number of para-hydroxylation sites is 1. The summed E-state index contributed by atoms with van der Waals surface area (Å²) in [5.74, 6) is 1.58. The van der Waals surface area contributed by atoms with Crippen molar-refractivity contribution in [1.82, 2.24) is 9.88 Å². The zero-order valence-electron chi connectivity index (χ0n) is 15.4. The molecule has 6 nitrogen and oxygen atoms in total. The van der Waals surface area contributed by atoms with Gasteiger partial charge < -0.3 is 14.1 Å². The Hall–Kier alpha value is -2.32. The zero-order valence-corrected chi connectivity index (χ0v) is 17.1. The molecule has 0 saturated carbocycles. The van der Waals surface area contributed by atoms with E-state index in [0.29, 0.717) is 30.4 Å². The lowest BCUT2D eigenvalue weighted by Crippen LogP contribution is -2.42. The van der Waals surface area contributed by atoms with Crippen LogP contribution in [0.2, 0.25) is 0 Å². The molecule has 1 aliphatic rings. The Morgan fingerprint density at radius 2 is 2.11 bits per heavy atom. The van der Waals surface area contributed by atoms with Crippen LogP contribution in [0.4, 0.5) is 0 Å². The maximum Gasteiger partial charge on any atom is 0.339 e. The second-order valence-corrected chi connectivity index (χ2v) is 8.91. The Morgan fingerprint density at radius 1 is 1.32 bits per heavy atom. The molecule has 4 rings (SSSR count). The number of piperidine rings is 1. The first-order valence-electron chi connectivity index (χ1n) is 9.11. The summed E-state index contributed by atoms with van der Waals surface area (Å²) < 4.78 is 12.9. The van der Waals surface area contributed by atoms with E-state index in [2.05, 4.69) is 4.98 Å². The number of carbonyl (C=O) groups is 1. The Labute approximate surface area is 170 Å². The lowest BCUT2D eigenvalue weighted by Gasteiger charge is -2.32. The highest BCUT2D eigenvalue weighted by Crippen LogP contribution is 2.29. The van der Waals surface area contributed by atoms with Crippen LogP contribution in [0.5, 0.6) is 5.75 Å². The third-order valence-corrected chi connectivity index (χ3v) is 6.72. The van der Waals surface area contributed by atoms with Crippen molar-refractivity contribution in [3.05, 3.63) is 52.6 Å². The van der Waals surface area contributed by atoms with Gasteiger partial charge in [0, 0.05) is 32.0 Å². The number of ether oxygens (including phenoxy) is 1. The number of fused-ring (bicyclic) bond motifs is 1. The number of thioether (sulfide) groups is 1. The minimum Gasteiger partial charge on any atom is -0.490 e. The molecule has 1 fully saturated rings. The number of nitrogens with zero attached hydrogens (tertiary/aromatic N) is 2. The number of hydrogen-bond donors (Lipinski definition) is 0. The molecule has 1 saturated heterocycles. The molecule has 0 N–H and O–H groups in total. The maximum absolute atomic E-state index is 12.5. The van der Waals surface area contributed by atoms with Crippen LogP contribution in [0.15, 0.2) is 49.9 Å². The summed E-state index contributed by atoms with van der Waals surface area (Å²) in [7, 11) is 0. The monoisotopic (exact) mass is 416 g/mol. The number of hydrogen-bond acceptors (Lipinski definition) is 7. The lowest BCUT2D eigenvalue weighted by atomic mass is 10.1. The number of rotatable bonds is 5. The number of benzene rings is 1. The largest absolute Gasteiger partial charge is 0.490 e. The van der Waals surface area contributed by atoms with Gasteiger partial charge in [0.05, 0.1) is 22.0 Å². The lowest BCUT2D eigenvalue weighted by molar-refractivity contribution is -0.130. The molecule has 28 heavy (non-hydrogen) atoms. The van der Waals surface area contributed by atoms with E-state index in [1.807, 2.05) is 29.2 Å². The Kier molecular flexibility index (Phi) is 5.68. The SMILES string of the molecule is Cc1cc(OC2CCN(C(=O)CSc3nc4ccccc4s3)CC2)cc(=O)o1. The fraction of sp³-hybridized carbons (Fsp3) is 0.350. The van der Waals surface area contributed by atoms with Crippen molar-refractivity contribution in [2.24, 2.45) is 0 Å². The molecule has 0 bridgehead atoms. The van der Waals surface area contributed by atoms with Gasteiger partial charge in [-0.1, -0.05) is 23.9 Å². The second kappa shape index (κ2) is 8.36. The quantitative estimate of drug-likeness (QED) is 0.590. The van der Waals surface area contributed by atoms with E-state index in [-0.39, 0.29) is 12.0 Å². The summed E-state index contributed by atoms with van der Waals surface area (Å²) in [5, 5.41) is 0. The predicted molar refractivity (Wildman–Crippen MR) is 110 cm³/mol. The van der Waals surface area contributed by atoms with Gasteiger partial charge in [-0.25, -0.2) is 9.78 Å². The molecule has 0 aliphatic carbocycles. The molecule has 0 atom stereocenters. The molecule has 0 spiro atoms. The van der Waals surface area contributed by atoms with Gasteiger partial charge in [0.1, 0.15) is 17.6 Å². The topological polar surface area (TPSA) is 72.6 Å². The summed E-state index contributed by atoms with van der Waals surface area (Å²) >= 11 is 3.11. The van der Waals surface area contributed by atoms with E-state index < -0.39 is 5.63 Å². The molecular weight excluding hydrogens is 396 g/mol. The Balaban J connectivity index is 1.27. The fourth-order valence-electron chi connectivity index (χ4n) is 3.19. The smallest absolute Gasteiger partial charge is 0.339 e. The van der Waals surface area contributed by atoms with Crippen molar-refractivity contribution < 1.29 is 13.9 Å². The third kappa shape index (κ3) is 4.56. The van der Waals surface area contributed by atoms with Crippen LogP contribution in [-0.2, 0) is 4.79 Å². The summed E-state index contributed by atoms with van der Waals surface area (Å²) in [6.07, 6.45) is 1.50. The Bertz CT molecular complexity index is 1000. The minimum absolute atomic E-state index is 0.00200. The maximum atomic E-state index is 12.5. The molecule has 0 radical (unpaired) electrons. The summed E-state index contributed by atoms with van der Waals surface area (Å²) in [5.41, 5.74) is 0.570. The van der Waals surface area contributed by atoms with Crippen LogP contribution < -0.4 is 10.4 Å². The third-order valence-electron chi connectivity index (χ3n) is 4.56. The van der Waals surface area contributed by atoms with Gasteiger partial charge in [-0.2, -0.15) is 0 Å². The first-order chi connectivity index (χ1) is 13.6. The highest BCUT2D eigenvalue weighted by Gasteiger charge is 2.24. The molecule has 1 aromatic carbocycles. The van der Waals surface area contributed by atoms with Crippen molar-refractivity contribution in [2.45, 2.75) is 30.2 Å². The van der Waals surface area contributed by atoms with Gasteiger partial charge in [-0.15, -0.1) is 11.3 Å². The zero-order chi connectivity index (χ0) is 19.5. The van der Waals surface area contributed by atoms with Crippen molar-refractivity contribution >= 4 is 39.2 Å². The van der Waals surface area contributed by atoms with Gasteiger partial charge in [0.2, 0.25) is 5.91 Å². The number of aryl methyl sites for hydroxylation is 1.